The van der Waals surface area contributed by atoms with E-state index in [-0.39, 0.29) is 0 Å². The summed E-state index contributed by atoms with van der Waals surface area (Å²) in [4.78, 5) is 2.05. The third-order valence-corrected chi connectivity index (χ3v) is 2.30. The van der Waals surface area contributed by atoms with Gasteiger partial charge in [0.25, 0.3) is 0 Å². The van der Waals surface area contributed by atoms with Crippen molar-refractivity contribution in [3.05, 3.63) is 35.3 Å². The third kappa shape index (κ3) is 2.49. The molecular weight excluding hydrogens is 228 g/mol. The Kier molecular flexibility index (Phi) is 3.37. The quantitative estimate of drug-likeness (QED) is 0.651. The van der Waals surface area contributed by atoms with E-state index in [0.29, 0.717) is 0 Å². The van der Waals surface area contributed by atoms with Crippen LogP contribution in [0, 0.1) is 0 Å². The van der Waals surface area contributed by atoms with Crippen molar-refractivity contribution in [2.24, 2.45) is 0 Å². The van der Waals surface area contributed by atoms with Crippen LogP contribution in [-0.2, 0) is 0 Å². The summed E-state index contributed by atoms with van der Waals surface area (Å²) in [7, 11) is 1.99. The highest BCUT2D eigenvalue weighted by atomic mass is 79.9. The SMILES string of the molecule is C=CCN(C)c1cc(Br)ccc1N. The predicted octanol–water partition coefficient (Wildman–Crippen LogP) is 2.65. The van der Waals surface area contributed by atoms with Crippen molar-refractivity contribution < 1.29 is 0 Å². The van der Waals surface area contributed by atoms with Crippen LogP contribution in [0.3, 0.4) is 0 Å². The first kappa shape index (κ1) is 10.1. The molecule has 0 saturated carbocycles. The van der Waals surface area contributed by atoms with E-state index in [9.17, 15) is 0 Å². The molecule has 2 nitrogen and oxygen atoms in total. The number of halogens is 1. The van der Waals surface area contributed by atoms with E-state index < -0.39 is 0 Å². The van der Waals surface area contributed by atoms with Gasteiger partial charge in [0.2, 0.25) is 0 Å². The maximum Gasteiger partial charge on any atom is 0.0611 e. The Hall–Kier alpha value is -0.960. The first-order chi connectivity index (χ1) is 6.15. The van der Waals surface area contributed by atoms with Crippen molar-refractivity contribution in [1.29, 1.82) is 0 Å². The molecule has 3 heteroatoms. The Bertz CT molecular complexity index is 310. The number of rotatable bonds is 3. The van der Waals surface area contributed by atoms with Crippen molar-refractivity contribution in [2.45, 2.75) is 0 Å². The highest BCUT2D eigenvalue weighted by molar-refractivity contribution is 9.10. The number of nitrogen functional groups attached to an aromatic ring is 1. The molecule has 0 atom stereocenters. The molecule has 0 heterocycles. The normalized spacial score (nSPS) is 9.69. The summed E-state index contributed by atoms with van der Waals surface area (Å²) in [5, 5.41) is 0. The van der Waals surface area contributed by atoms with Crippen LogP contribution in [0.2, 0.25) is 0 Å². The molecule has 0 saturated heterocycles. The van der Waals surface area contributed by atoms with Gasteiger partial charge in [-0.3, -0.25) is 0 Å². The molecule has 0 fully saturated rings. The zero-order chi connectivity index (χ0) is 9.84. The fraction of sp³-hybridized carbons (Fsp3) is 0.200. The summed E-state index contributed by atoms with van der Waals surface area (Å²) in [6, 6.07) is 5.82. The number of nitrogens with zero attached hydrogens (tertiary/aromatic N) is 1. The van der Waals surface area contributed by atoms with Gasteiger partial charge in [-0.1, -0.05) is 22.0 Å². The van der Waals surface area contributed by atoms with E-state index in [4.69, 9.17) is 5.73 Å². The molecule has 70 valence electrons. The molecule has 13 heavy (non-hydrogen) atoms. The van der Waals surface area contributed by atoms with Crippen LogP contribution in [0.25, 0.3) is 0 Å². The molecule has 1 aromatic rings. The van der Waals surface area contributed by atoms with Gasteiger partial charge in [0, 0.05) is 18.1 Å². The van der Waals surface area contributed by atoms with Gasteiger partial charge >= 0.3 is 0 Å². The van der Waals surface area contributed by atoms with Crippen molar-refractivity contribution >= 4 is 27.3 Å². The smallest absolute Gasteiger partial charge is 0.0611 e. The fourth-order valence-electron chi connectivity index (χ4n) is 1.14. The lowest BCUT2D eigenvalue weighted by Crippen LogP contribution is -2.17. The van der Waals surface area contributed by atoms with E-state index in [2.05, 4.69) is 22.5 Å². The molecule has 0 aliphatic rings. The largest absolute Gasteiger partial charge is 0.397 e. The second-order valence-electron chi connectivity index (χ2n) is 2.87. The molecule has 0 amide bonds. The van der Waals surface area contributed by atoms with Crippen LogP contribution in [0.4, 0.5) is 11.4 Å². The molecule has 0 unspecified atom stereocenters. The van der Waals surface area contributed by atoms with Gasteiger partial charge < -0.3 is 10.6 Å². The van der Waals surface area contributed by atoms with Crippen LogP contribution < -0.4 is 10.6 Å². The number of hydrogen-bond donors (Lipinski definition) is 1. The van der Waals surface area contributed by atoms with Crippen LogP contribution >= 0.6 is 15.9 Å². The summed E-state index contributed by atoms with van der Waals surface area (Å²) in [6.45, 7) is 4.48. The molecule has 0 spiro atoms. The van der Waals surface area contributed by atoms with Gasteiger partial charge in [-0.15, -0.1) is 6.58 Å². The second-order valence-corrected chi connectivity index (χ2v) is 3.79. The maximum absolute atomic E-state index is 5.82. The minimum Gasteiger partial charge on any atom is -0.397 e. The minimum absolute atomic E-state index is 0.785. The lowest BCUT2D eigenvalue weighted by Gasteiger charge is -2.19. The lowest BCUT2D eigenvalue weighted by atomic mass is 10.2. The molecule has 1 rings (SSSR count). The number of benzene rings is 1. The topological polar surface area (TPSA) is 29.3 Å². The van der Waals surface area contributed by atoms with Crippen molar-refractivity contribution in [3.63, 3.8) is 0 Å². The number of anilines is 2. The number of hydrogen-bond acceptors (Lipinski definition) is 2. The van der Waals surface area contributed by atoms with Crippen molar-refractivity contribution in [2.75, 3.05) is 24.2 Å². The standard InChI is InChI=1S/C10H13BrN2/c1-3-6-13(2)10-7-8(11)4-5-9(10)12/h3-5,7H,1,6,12H2,2H3. The highest BCUT2D eigenvalue weighted by Gasteiger charge is 2.03. The zero-order valence-electron chi connectivity index (χ0n) is 7.63. The van der Waals surface area contributed by atoms with E-state index in [1.165, 1.54) is 0 Å². The molecule has 0 bridgehead atoms. The van der Waals surface area contributed by atoms with Gasteiger partial charge in [0.05, 0.1) is 11.4 Å². The van der Waals surface area contributed by atoms with Crippen molar-refractivity contribution in [3.8, 4) is 0 Å². The van der Waals surface area contributed by atoms with Gasteiger partial charge in [-0.25, -0.2) is 0 Å². The van der Waals surface area contributed by atoms with Crippen molar-refractivity contribution in [1.82, 2.24) is 0 Å². The maximum atomic E-state index is 5.82. The van der Waals surface area contributed by atoms with Gasteiger partial charge in [0.15, 0.2) is 0 Å². The summed E-state index contributed by atoms with van der Waals surface area (Å²) < 4.78 is 1.03. The monoisotopic (exact) mass is 240 g/mol. The third-order valence-electron chi connectivity index (χ3n) is 1.81. The summed E-state index contributed by atoms with van der Waals surface area (Å²) in [5.74, 6) is 0. The van der Waals surface area contributed by atoms with Crippen LogP contribution in [-0.4, -0.2) is 13.6 Å². The van der Waals surface area contributed by atoms with Gasteiger partial charge in [0.1, 0.15) is 0 Å². The predicted molar refractivity (Wildman–Crippen MR) is 62.0 cm³/mol. The average Bonchev–Trinajstić information content (AvgIpc) is 2.09. The number of nitrogens with two attached hydrogens (primary N) is 1. The molecule has 1 aromatic carbocycles. The zero-order valence-corrected chi connectivity index (χ0v) is 9.21. The van der Waals surface area contributed by atoms with Gasteiger partial charge in [-0.05, 0) is 18.2 Å². The summed E-state index contributed by atoms with van der Waals surface area (Å²) in [6.07, 6.45) is 1.85. The Labute approximate surface area is 87.2 Å². The Morgan fingerprint density at radius 3 is 2.92 bits per heavy atom. The Morgan fingerprint density at radius 2 is 2.31 bits per heavy atom. The van der Waals surface area contributed by atoms with E-state index in [0.717, 1.165) is 22.4 Å². The first-order valence-electron chi connectivity index (χ1n) is 4.02. The van der Waals surface area contributed by atoms with E-state index >= 15 is 0 Å². The Morgan fingerprint density at radius 1 is 1.62 bits per heavy atom. The van der Waals surface area contributed by atoms with Crippen LogP contribution in [0.15, 0.2) is 35.3 Å². The van der Waals surface area contributed by atoms with Gasteiger partial charge in [-0.2, -0.15) is 0 Å². The summed E-state index contributed by atoms with van der Waals surface area (Å²) >= 11 is 3.41. The van der Waals surface area contributed by atoms with Crippen LogP contribution in [0.5, 0.6) is 0 Å². The van der Waals surface area contributed by atoms with Crippen LogP contribution in [0.1, 0.15) is 0 Å². The second kappa shape index (κ2) is 4.33. The van der Waals surface area contributed by atoms with E-state index in [1.807, 2.05) is 36.2 Å². The first-order valence-corrected chi connectivity index (χ1v) is 4.81. The lowest BCUT2D eigenvalue weighted by molar-refractivity contribution is 1.03. The van der Waals surface area contributed by atoms with E-state index in [1.54, 1.807) is 0 Å². The minimum atomic E-state index is 0.785. The number of likely N-dealkylation sites (N-methyl/N-ethyl adjacent to an activating group) is 1. The Balaban J connectivity index is 2.97. The molecule has 2 N–H and O–H groups in total. The highest BCUT2D eigenvalue weighted by Crippen LogP contribution is 2.25. The fourth-order valence-corrected chi connectivity index (χ4v) is 1.49. The molecule has 0 aromatic heterocycles. The average molecular weight is 241 g/mol. The summed E-state index contributed by atoms with van der Waals surface area (Å²) in [5.41, 5.74) is 7.63. The molecular formula is C10H13BrN2. The molecule has 0 aliphatic heterocycles. The molecule has 0 radical (unpaired) electrons. The molecule has 0 aliphatic carbocycles.